The van der Waals surface area contributed by atoms with E-state index in [9.17, 15) is 0 Å². The second kappa shape index (κ2) is 9.78. The maximum atomic E-state index is 4.36. The van der Waals surface area contributed by atoms with Gasteiger partial charge in [-0.25, -0.2) is 0 Å². The summed E-state index contributed by atoms with van der Waals surface area (Å²) in [6, 6.07) is 18.5. The van der Waals surface area contributed by atoms with E-state index >= 15 is 0 Å². The zero-order valence-corrected chi connectivity index (χ0v) is 22.7. The Bertz CT molecular complexity index is 679. The summed E-state index contributed by atoms with van der Waals surface area (Å²) in [4.78, 5) is 0. The van der Waals surface area contributed by atoms with Crippen molar-refractivity contribution in [1.82, 2.24) is 0 Å². The van der Waals surface area contributed by atoms with Gasteiger partial charge in [-0.15, -0.1) is 0 Å². The van der Waals surface area contributed by atoms with Gasteiger partial charge in [0.2, 0.25) is 0 Å². The molecule has 0 spiro atoms. The number of hydrogen-bond acceptors (Lipinski definition) is 0. The summed E-state index contributed by atoms with van der Waals surface area (Å²) < 4.78 is 3.31. The Morgan fingerprint density at radius 2 is 1.04 bits per heavy atom. The third-order valence-electron chi connectivity index (χ3n) is 5.36. The number of hydrogen-bond donors (Lipinski definition) is 1. The average molecular weight is 528 g/mol. The first-order valence-corrected chi connectivity index (χ1v) is 17.9. The second-order valence-electron chi connectivity index (χ2n) is 9.78. The van der Waals surface area contributed by atoms with E-state index in [0.29, 0.717) is 14.7 Å². The summed E-state index contributed by atoms with van der Waals surface area (Å²) in [5.41, 5.74) is 6.22. The third-order valence-corrected chi connectivity index (χ3v) is 18.6. The van der Waals surface area contributed by atoms with Crippen LogP contribution in [0.1, 0.15) is 63.8 Å². The van der Waals surface area contributed by atoms with Crippen LogP contribution in [0.3, 0.4) is 0 Å². The summed E-state index contributed by atoms with van der Waals surface area (Å²) in [7, 11) is 0. The van der Waals surface area contributed by atoms with Crippen molar-refractivity contribution in [3.05, 3.63) is 70.8 Å². The quantitative estimate of drug-likeness (QED) is 0.390. The molecule has 28 heavy (non-hydrogen) atoms. The molecular weight excluding hydrogens is 491 g/mol. The van der Waals surface area contributed by atoms with E-state index in [0.717, 1.165) is 0 Å². The summed E-state index contributed by atoms with van der Waals surface area (Å²) >= 11 is 4.09. The van der Waals surface area contributed by atoms with Crippen molar-refractivity contribution in [1.29, 1.82) is 0 Å². The van der Waals surface area contributed by atoms with Gasteiger partial charge in [-0.05, 0) is 0 Å². The molecule has 0 saturated carbocycles. The average Bonchev–Trinajstić information content (AvgIpc) is 2.64. The molecule has 0 fully saturated rings. The fourth-order valence-corrected chi connectivity index (χ4v) is 8.79. The fourth-order valence-electron chi connectivity index (χ4n) is 3.18. The standard InChI is InChI=1S/C24H36NPSe2/c1-23(2,3)21-11-7-19(8-12-21)15-17-26(27,28-25)18-16-20-9-13-22(14-10-20)24(4,5)6/h7-14H,15-18,25H2,1-6H3/q+1/p+1. The van der Waals surface area contributed by atoms with Gasteiger partial charge < -0.3 is 0 Å². The van der Waals surface area contributed by atoms with Gasteiger partial charge in [-0.2, -0.15) is 0 Å². The van der Waals surface area contributed by atoms with Gasteiger partial charge in [0, 0.05) is 0 Å². The minimum atomic E-state index is -1.04. The summed E-state index contributed by atoms with van der Waals surface area (Å²) in [6.07, 6.45) is 4.91. The first-order valence-electron chi connectivity index (χ1n) is 10.1. The third kappa shape index (κ3) is 7.28. The van der Waals surface area contributed by atoms with Crippen LogP contribution in [0.25, 0.3) is 0 Å². The molecule has 3 N–H and O–H groups in total. The summed E-state index contributed by atoms with van der Waals surface area (Å²) in [5, 5.41) is 0. The normalized spacial score (nSPS) is 13.0. The second-order valence-corrected chi connectivity index (χ2v) is 26.5. The number of aryl methyl sites for hydroxylation is 2. The molecule has 0 heterocycles. The molecule has 0 aliphatic heterocycles. The van der Waals surface area contributed by atoms with Crippen molar-refractivity contribution in [2.75, 3.05) is 12.3 Å². The molecule has 2 aromatic rings. The molecule has 4 heteroatoms. The SMILES string of the molecule is CC(C)(C)c1ccc(CC[P+]([Se])(CCc2ccc(C(C)(C)C)cc2)[Se][NH3+])cc1. The van der Waals surface area contributed by atoms with E-state index in [1.54, 1.807) is 0 Å². The molecule has 0 amide bonds. The van der Waals surface area contributed by atoms with E-state index in [1.807, 2.05) is 0 Å². The van der Waals surface area contributed by atoms with Crippen LogP contribution in [-0.4, -0.2) is 42.6 Å². The molecule has 0 aromatic heterocycles. The van der Waals surface area contributed by atoms with Gasteiger partial charge in [-0.3, -0.25) is 0 Å². The van der Waals surface area contributed by atoms with Crippen LogP contribution >= 0.6 is 4.64 Å². The Morgan fingerprint density at radius 3 is 1.29 bits per heavy atom. The van der Waals surface area contributed by atoms with Crippen LogP contribution in [0.5, 0.6) is 0 Å². The molecule has 0 aliphatic carbocycles. The van der Waals surface area contributed by atoms with Crippen LogP contribution < -0.4 is 4.75 Å². The molecule has 1 radical (unpaired) electrons. The summed E-state index contributed by atoms with van der Waals surface area (Å²) in [6.45, 7) is 13.7. The van der Waals surface area contributed by atoms with E-state index in [-0.39, 0.29) is 10.8 Å². The molecule has 2 rings (SSSR count). The van der Waals surface area contributed by atoms with Crippen LogP contribution in [0.15, 0.2) is 48.5 Å². The Hall–Kier alpha value is -0.131. The van der Waals surface area contributed by atoms with Crippen LogP contribution in [0.4, 0.5) is 0 Å². The van der Waals surface area contributed by atoms with E-state index in [4.69, 9.17) is 0 Å². The minimum absolute atomic E-state index is 0.229. The van der Waals surface area contributed by atoms with Gasteiger partial charge in [0.25, 0.3) is 0 Å². The topological polar surface area (TPSA) is 27.6 Å². The summed E-state index contributed by atoms with van der Waals surface area (Å²) in [5.74, 6) is 0. The van der Waals surface area contributed by atoms with Crippen molar-refractivity contribution in [3.63, 3.8) is 0 Å². The molecular formula is C24H37NPSe2+2. The van der Waals surface area contributed by atoms with E-state index in [1.165, 1.54) is 47.4 Å². The number of quaternary nitrogens is 1. The van der Waals surface area contributed by atoms with Crippen LogP contribution in [0, 0.1) is 0 Å². The van der Waals surface area contributed by atoms with Gasteiger partial charge >= 0.3 is 188 Å². The zero-order valence-electron chi connectivity index (χ0n) is 18.4. The van der Waals surface area contributed by atoms with Crippen LogP contribution in [-0.2, 0) is 23.7 Å². The van der Waals surface area contributed by atoms with Crippen molar-refractivity contribution in [3.8, 4) is 0 Å². The molecule has 0 saturated heterocycles. The molecule has 2 aromatic carbocycles. The van der Waals surface area contributed by atoms with Crippen molar-refractivity contribution in [2.45, 2.75) is 65.2 Å². The first-order chi connectivity index (χ1) is 12.9. The zero-order chi connectivity index (χ0) is 21.0. The molecule has 0 aliphatic rings. The van der Waals surface area contributed by atoms with Gasteiger partial charge in [0.05, 0.1) is 0 Å². The monoisotopic (exact) mass is 530 g/mol. The van der Waals surface area contributed by atoms with Crippen molar-refractivity contribution < 1.29 is 4.75 Å². The van der Waals surface area contributed by atoms with Gasteiger partial charge in [-0.1, -0.05) is 0 Å². The van der Waals surface area contributed by atoms with Gasteiger partial charge in [0.15, 0.2) is 0 Å². The van der Waals surface area contributed by atoms with Crippen molar-refractivity contribution >= 4 is 34.9 Å². The predicted octanol–water partition coefficient (Wildman–Crippen LogP) is 4.94. The first kappa shape index (κ1) is 24.1. The fraction of sp³-hybridized carbons (Fsp3) is 0.500. The molecule has 1 nitrogen and oxygen atoms in total. The van der Waals surface area contributed by atoms with Crippen LogP contribution in [0.2, 0.25) is 0 Å². The van der Waals surface area contributed by atoms with Gasteiger partial charge in [0.1, 0.15) is 0 Å². The van der Waals surface area contributed by atoms with Crippen molar-refractivity contribution in [2.24, 2.45) is 0 Å². The molecule has 0 unspecified atom stereocenters. The Morgan fingerprint density at radius 1 is 0.714 bits per heavy atom. The Kier molecular flexibility index (Phi) is 8.44. The Balaban J connectivity index is 1.93. The van der Waals surface area contributed by atoms with E-state index < -0.39 is 4.64 Å². The molecule has 0 atom stereocenters. The molecule has 153 valence electrons. The predicted molar refractivity (Wildman–Crippen MR) is 129 cm³/mol. The number of benzene rings is 2. The number of rotatable bonds is 7. The maximum absolute atomic E-state index is 4.36. The Labute approximate surface area is 187 Å². The van der Waals surface area contributed by atoms with E-state index in [2.05, 4.69) is 110 Å². The molecule has 0 bridgehead atoms.